The predicted molar refractivity (Wildman–Crippen MR) is 269 cm³/mol. The van der Waals surface area contributed by atoms with Crippen LogP contribution in [0.5, 0.6) is 0 Å². The van der Waals surface area contributed by atoms with Gasteiger partial charge in [0.2, 0.25) is 35.6 Å². The lowest BCUT2D eigenvalue weighted by Crippen LogP contribution is -2.23. The molecule has 2 saturated heterocycles. The molecule has 20 heteroatoms. The summed E-state index contributed by atoms with van der Waals surface area (Å²) < 4.78 is 4.94. The summed E-state index contributed by atoms with van der Waals surface area (Å²) in [4.78, 5) is 74.1. The zero-order chi connectivity index (χ0) is 48.6. The molecule has 3 amide bonds. The van der Waals surface area contributed by atoms with E-state index in [9.17, 15) is 14.4 Å². The van der Waals surface area contributed by atoms with E-state index in [1.165, 1.54) is 39.5 Å². The van der Waals surface area contributed by atoms with Crippen molar-refractivity contribution in [2.24, 2.45) is 5.92 Å². The summed E-state index contributed by atoms with van der Waals surface area (Å²) in [6.45, 7) is 7.88. The van der Waals surface area contributed by atoms with Crippen molar-refractivity contribution >= 4 is 109 Å². The molecular formula is C49H52Cl3N13O4. The Morgan fingerprint density at radius 1 is 0.623 bits per heavy atom. The fourth-order valence-corrected chi connectivity index (χ4v) is 7.82. The second-order valence-corrected chi connectivity index (χ2v) is 18.5. The number of carbonyl (C=O) groups is 3. The summed E-state index contributed by atoms with van der Waals surface area (Å²) in [6, 6.07) is 18.7. The normalized spacial score (nSPS) is 16.0. The highest BCUT2D eigenvalue weighted by Gasteiger charge is 2.30. The number of halogens is 3. The van der Waals surface area contributed by atoms with Crippen LogP contribution in [0.15, 0.2) is 60.7 Å². The molecule has 5 fully saturated rings. The average Bonchev–Trinajstić information content (AvgIpc) is 4.30. The number of pyridine rings is 3. The third-order valence-corrected chi connectivity index (χ3v) is 12.0. The van der Waals surface area contributed by atoms with E-state index in [2.05, 4.69) is 57.4 Å². The lowest BCUT2D eigenvalue weighted by Gasteiger charge is -2.16. The molecule has 69 heavy (non-hydrogen) atoms. The largest absolute Gasteiger partial charge is 0.381 e. The Labute approximate surface area is 413 Å². The number of ether oxygens (including phenoxy) is 1. The number of nitrogens with two attached hydrogens (primary N) is 1. The van der Waals surface area contributed by atoms with E-state index < -0.39 is 0 Å². The molecule has 7 aromatic rings. The van der Waals surface area contributed by atoms with Gasteiger partial charge in [0.15, 0.2) is 5.15 Å². The first-order valence-electron chi connectivity index (χ1n) is 23.1. The van der Waals surface area contributed by atoms with Gasteiger partial charge in [-0.3, -0.25) is 25.0 Å². The second-order valence-electron chi connectivity index (χ2n) is 17.4. The SMILES string of the molecule is C1CCOC1.CC(=O)Nc1nc(C2CC2)c2nc(Cl)ccc2n1.CC(=O)Nc1nc(Cl)c2nc(Cl)ccc2n1.CC1CC1.Nc1nc(C2CC2)c2nc(-c3ccc(N4CCCC4=O)cc3)ccc2n1. The van der Waals surface area contributed by atoms with Gasteiger partial charge in [0, 0.05) is 63.1 Å². The molecule has 1 aromatic carbocycles. The zero-order valence-corrected chi connectivity index (χ0v) is 40.8. The van der Waals surface area contributed by atoms with Gasteiger partial charge in [-0.15, -0.1) is 0 Å². The molecule has 0 bridgehead atoms. The van der Waals surface area contributed by atoms with Gasteiger partial charge in [-0.05, 0) is 99.4 Å². The quantitative estimate of drug-likeness (QED) is 0.104. The first-order chi connectivity index (χ1) is 33.3. The van der Waals surface area contributed by atoms with E-state index in [-0.39, 0.29) is 28.8 Å². The van der Waals surface area contributed by atoms with E-state index in [0.29, 0.717) is 57.0 Å². The van der Waals surface area contributed by atoms with E-state index in [1.807, 2.05) is 41.3 Å². The van der Waals surface area contributed by atoms with Crippen LogP contribution in [-0.4, -0.2) is 82.3 Å². The Morgan fingerprint density at radius 3 is 1.67 bits per heavy atom. The van der Waals surface area contributed by atoms with E-state index in [1.54, 1.807) is 24.3 Å². The number of nitrogens with one attached hydrogen (secondary N) is 2. The highest BCUT2D eigenvalue weighted by molar-refractivity contribution is 6.34. The van der Waals surface area contributed by atoms with Crippen molar-refractivity contribution in [3.05, 3.63) is 87.5 Å². The van der Waals surface area contributed by atoms with Crippen LogP contribution in [0.4, 0.5) is 23.5 Å². The highest BCUT2D eigenvalue weighted by Crippen LogP contribution is 2.43. The molecule has 5 aliphatic rings. The Kier molecular flexibility index (Phi) is 16.0. The third-order valence-electron chi connectivity index (χ3n) is 11.3. The number of nitrogen functional groups attached to an aromatic ring is 1. The van der Waals surface area contributed by atoms with Crippen LogP contribution in [-0.2, 0) is 19.1 Å². The number of fused-ring (bicyclic) bond motifs is 3. The minimum absolute atomic E-state index is 0.147. The maximum absolute atomic E-state index is 11.9. The van der Waals surface area contributed by atoms with E-state index in [0.717, 1.165) is 103 Å². The molecule has 6 aromatic heterocycles. The number of hydrogen-bond donors (Lipinski definition) is 3. The Balaban J connectivity index is 0.000000131. The Bertz CT molecular complexity index is 2990. The van der Waals surface area contributed by atoms with Crippen molar-refractivity contribution < 1.29 is 19.1 Å². The maximum Gasteiger partial charge on any atom is 0.231 e. The van der Waals surface area contributed by atoms with Crippen LogP contribution in [0.2, 0.25) is 15.5 Å². The number of amides is 3. The number of benzene rings is 1. The van der Waals surface area contributed by atoms with Crippen molar-refractivity contribution in [3.8, 4) is 11.3 Å². The Hall–Kier alpha value is -6.27. The van der Waals surface area contributed by atoms with Crippen molar-refractivity contribution in [3.63, 3.8) is 0 Å². The fourth-order valence-electron chi connectivity index (χ4n) is 7.30. The molecule has 4 N–H and O–H groups in total. The monoisotopic (exact) mass is 991 g/mol. The molecule has 2 aliphatic heterocycles. The van der Waals surface area contributed by atoms with Gasteiger partial charge >= 0.3 is 0 Å². The summed E-state index contributed by atoms with van der Waals surface area (Å²) in [7, 11) is 0. The fraction of sp³-hybridized carbons (Fsp3) is 0.388. The minimum Gasteiger partial charge on any atom is -0.381 e. The molecule has 358 valence electrons. The van der Waals surface area contributed by atoms with E-state index >= 15 is 0 Å². The minimum atomic E-state index is -0.266. The molecular weight excluding hydrogens is 941 g/mol. The lowest BCUT2D eigenvalue weighted by molar-refractivity contribution is -0.117. The molecule has 0 radical (unpaired) electrons. The summed E-state index contributed by atoms with van der Waals surface area (Å²) in [5, 5.41) is 5.95. The molecule has 3 aliphatic carbocycles. The zero-order valence-electron chi connectivity index (χ0n) is 38.5. The number of anilines is 4. The number of rotatable bonds is 6. The number of nitrogens with zero attached hydrogens (tertiary/aromatic N) is 10. The molecule has 0 atom stereocenters. The molecule has 12 rings (SSSR count). The van der Waals surface area contributed by atoms with Crippen LogP contribution in [0.3, 0.4) is 0 Å². The average molecular weight is 993 g/mol. The first-order valence-corrected chi connectivity index (χ1v) is 24.2. The summed E-state index contributed by atoms with van der Waals surface area (Å²) in [6.07, 6.45) is 11.6. The van der Waals surface area contributed by atoms with Gasteiger partial charge in [0.05, 0.1) is 33.6 Å². The van der Waals surface area contributed by atoms with Crippen molar-refractivity contribution in [2.75, 3.05) is 41.0 Å². The van der Waals surface area contributed by atoms with Gasteiger partial charge in [0.1, 0.15) is 26.9 Å². The highest BCUT2D eigenvalue weighted by atomic mass is 35.5. The van der Waals surface area contributed by atoms with Gasteiger partial charge in [-0.25, -0.2) is 39.9 Å². The third kappa shape index (κ3) is 13.7. The van der Waals surface area contributed by atoms with Crippen LogP contribution >= 0.6 is 34.8 Å². The van der Waals surface area contributed by atoms with E-state index in [4.69, 9.17) is 50.3 Å². The van der Waals surface area contributed by atoms with Crippen LogP contribution in [0, 0.1) is 5.92 Å². The summed E-state index contributed by atoms with van der Waals surface area (Å²) in [5.74, 6) is 2.49. The lowest BCUT2D eigenvalue weighted by atomic mass is 10.1. The van der Waals surface area contributed by atoms with Crippen molar-refractivity contribution in [2.45, 2.75) is 96.8 Å². The van der Waals surface area contributed by atoms with Crippen molar-refractivity contribution in [1.29, 1.82) is 0 Å². The molecule has 17 nitrogen and oxygen atoms in total. The topological polar surface area (TPSA) is 230 Å². The maximum atomic E-state index is 11.9. The Morgan fingerprint density at radius 2 is 1.14 bits per heavy atom. The molecule has 0 unspecified atom stereocenters. The summed E-state index contributed by atoms with van der Waals surface area (Å²) in [5.41, 5.74) is 14.5. The predicted octanol–water partition coefficient (Wildman–Crippen LogP) is 10.3. The van der Waals surface area contributed by atoms with Gasteiger partial charge < -0.3 is 15.4 Å². The van der Waals surface area contributed by atoms with Crippen LogP contribution in [0.25, 0.3) is 44.4 Å². The van der Waals surface area contributed by atoms with Gasteiger partial charge in [-0.1, -0.05) is 66.7 Å². The molecule has 0 spiro atoms. The second kappa shape index (κ2) is 22.4. The first kappa shape index (κ1) is 49.2. The van der Waals surface area contributed by atoms with Crippen LogP contribution in [0.1, 0.15) is 108 Å². The number of aromatic nitrogens is 9. The van der Waals surface area contributed by atoms with Gasteiger partial charge in [0.25, 0.3) is 0 Å². The standard InChI is InChI=1S/C20H19N5O.C12H11ClN4O.C9H6Cl2N4O.C4H8O.C4H8/c21-20-23-16-10-9-15(22-19(16)18(24-20)13-3-4-13)12-5-7-14(8-6-12)25-11-1-2-17(25)26;1-6(18)14-12-15-8-4-5-9(13)16-11(8)10(17-12)7-2-3-7;1-4(16)12-9-13-5-2-3-6(10)14-7(5)8(11)15-9;1-2-4-5-3-1;1-4-2-3-4/h5-10,13H,1-4,11H2,(H2,21,23,24);4-5,7H,2-3H2,1H3,(H,14,15,17,18);2-3H,1H3,(H,12,13,15,16);1-4H2;4H,2-3H2,1H3. The molecule has 8 heterocycles. The van der Waals surface area contributed by atoms with Gasteiger partial charge in [-0.2, -0.15) is 4.98 Å². The van der Waals surface area contributed by atoms with Crippen molar-refractivity contribution in [1.82, 2.24) is 44.9 Å². The molecule has 3 saturated carbocycles. The van der Waals surface area contributed by atoms with Crippen LogP contribution < -0.4 is 21.3 Å². The summed E-state index contributed by atoms with van der Waals surface area (Å²) >= 11 is 17.5. The number of carbonyl (C=O) groups excluding carboxylic acids is 3. The number of hydrogen-bond acceptors (Lipinski definition) is 14. The smallest absolute Gasteiger partial charge is 0.231 e.